The highest BCUT2D eigenvalue weighted by atomic mass is 16.5. The van der Waals surface area contributed by atoms with Crippen molar-refractivity contribution in [1.29, 1.82) is 0 Å². The first-order valence-corrected chi connectivity index (χ1v) is 2.83. The lowest BCUT2D eigenvalue weighted by atomic mass is 10.3. The zero-order chi connectivity index (χ0) is 6.97. The second-order valence-corrected chi connectivity index (χ2v) is 2.00. The van der Waals surface area contributed by atoms with Gasteiger partial charge in [0.1, 0.15) is 6.33 Å². The lowest BCUT2D eigenvalue weighted by molar-refractivity contribution is 0.181. The van der Waals surface area contributed by atoms with Crippen LogP contribution >= 0.6 is 0 Å². The molecule has 0 radical (unpaired) electrons. The maximum atomic E-state index is 8.88. The molecule has 0 bridgehead atoms. The summed E-state index contributed by atoms with van der Waals surface area (Å²) in [5.41, 5.74) is 1.63. The van der Waals surface area contributed by atoms with Crippen LogP contribution in [0.3, 0.4) is 0 Å². The quantitative estimate of drug-likeness (QED) is 0.539. The summed E-state index contributed by atoms with van der Waals surface area (Å²) in [5, 5.41) is 8.88. The predicted octanol–water partition coefficient (Wildman–Crippen LogP) is 0.620. The van der Waals surface area contributed by atoms with Gasteiger partial charge in [0, 0.05) is 11.8 Å². The zero-order valence-corrected chi connectivity index (χ0v) is 5.10. The molecule has 2 rings (SSSR count). The van der Waals surface area contributed by atoms with E-state index < -0.39 is 0 Å². The van der Waals surface area contributed by atoms with Crippen LogP contribution in [0.25, 0.3) is 11.3 Å². The van der Waals surface area contributed by atoms with Crippen LogP contribution in [0.15, 0.2) is 24.9 Å². The minimum Gasteiger partial charge on any atom is -0.428 e. The molecule has 10 heavy (non-hydrogen) atoms. The van der Waals surface area contributed by atoms with Crippen LogP contribution in [-0.4, -0.2) is 19.9 Å². The molecule has 0 spiro atoms. The fourth-order valence-corrected chi connectivity index (χ4v) is 0.833. The molecule has 0 amide bonds. The fourth-order valence-electron chi connectivity index (χ4n) is 0.833. The summed E-state index contributed by atoms with van der Waals surface area (Å²) in [7, 11) is 0. The molecular formula is C6H5N3O. The van der Waals surface area contributed by atoms with Crippen molar-refractivity contribution in [2.75, 3.05) is 0 Å². The van der Waals surface area contributed by atoms with Crippen molar-refractivity contribution in [3.8, 4) is 11.3 Å². The van der Waals surface area contributed by atoms with Gasteiger partial charge in [-0.25, -0.2) is 4.98 Å². The summed E-state index contributed by atoms with van der Waals surface area (Å²) < 4.78 is 0.907. The molecule has 0 aliphatic carbocycles. The topological polar surface area (TPSA) is 50.9 Å². The van der Waals surface area contributed by atoms with Crippen LogP contribution in [0.4, 0.5) is 0 Å². The first-order valence-electron chi connectivity index (χ1n) is 2.83. The largest absolute Gasteiger partial charge is 0.428 e. The molecule has 2 aliphatic rings. The molecule has 1 N–H and O–H groups in total. The third-order valence-corrected chi connectivity index (χ3v) is 1.29. The average Bonchev–Trinajstić information content (AvgIpc) is 2.33. The highest BCUT2D eigenvalue weighted by molar-refractivity contribution is 5.56. The van der Waals surface area contributed by atoms with Gasteiger partial charge in [-0.15, -0.1) is 0 Å². The van der Waals surface area contributed by atoms with E-state index in [2.05, 4.69) is 9.97 Å². The molecular weight excluding hydrogens is 130 g/mol. The number of rotatable bonds is 0. The maximum Gasteiger partial charge on any atom is 0.132 e. The van der Waals surface area contributed by atoms with Crippen molar-refractivity contribution < 1.29 is 5.21 Å². The molecule has 0 saturated heterocycles. The summed E-state index contributed by atoms with van der Waals surface area (Å²) in [4.78, 5) is 7.75. The highest BCUT2D eigenvalue weighted by Gasteiger charge is 2.02. The van der Waals surface area contributed by atoms with Crippen molar-refractivity contribution >= 4 is 0 Å². The Kier molecular flexibility index (Phi) is 0.887. The minimum atomic E-state index is 0.797. The molecule has 0 saturated carbocycles. The average molecular weight is 135 g/mol. The van der Waals surface area contributed by atoms with E-state index in [0.29, 0.717) is 0 Å². The van der Waals surface area contributed by atoms with E-state index in [1.54, 1.807) is 18.6 Å². The van der Waals surface area contributed by atoms with Gasteiger partial charge in [0.05, 0.1) is 18.1 Å². The Labute approximate surface area is 57.1 Å². The number of nitrogens with zero attached hydrogens (tertiary/aromatic N) is 3. The van der Waals surface area contributed by atoms with Gasteiger partial charge in [-0.1, -0.05) is 0 Å². The maximum absolute atomic E-state index is 8.88. The summed E-state index contributed by atoms with van der Waals surface area (Å²) in [6.45, 7) is 0. The number of fused-ring (bicyclic) bond motifs is 1. The Morgan fingerprint density at radius 2 is 2.30 bits per heavy atom. The van der Waals surface area contributed by atoms with Crippen LogP contribution < -0.4 is 0 Å². The van der Waals surface area contributed by atoms with Crippen molar-refractivity contribution in [3.63, 3.8) is 0 Å². The van der Waals surface area contributed by atoms with Crippen molar-refractivity contribution in [1.82, 2.24) is 14.7 Å². The Balaban J connectivity index is 2.75. The van der Waals surface area contributed by atoms with Gasteiger partial charge in [0.15, 0.2) is 0 Å². The van der Waals surface area contributed by atoms with Crippen molar-refractivity contribution in [3.05, 3.63) is 24.9 Å². The molecule has 2 aliphatic heterocycles. The van der Waals surface area contributed by atoms with Gasteiger partial charge in [0.2, 0.25) is 0 Å². The van der Waals surface area contributed by atoms with Crippen LogP contribution in [0.1, 0.15) is 0 Å². The zero-order valence-electron chi connectivity index (χ0n) is 5.10. The molecule has 50 valence electrons. The molecule has 4 nitrogen and oxygen atoms in total. The van der Waals surface area contributed by atoms with E-state index in [9.17, 15) is 0 Å². The van der Waals surface area contributed by atoms with Gasteiger partial charge >= 0.3 is 0 Å². The molecule has 4 heteroatoms. The molecule has 0 unspecified atom stereocenters. The van der Waals surface area contributed by atoms with E-state index >= 15 is 0 Å². The summed E-state index contributed by atoms with van der Waals surface area (Å²) >= 11 is 0. The molecule has 0 aromatic carbocycles. The summed E-state index contributed by atoms with van der Waals surface area (Å²) in [5.74, 6) is 0. The SMILES string of the molecule is On1cnc2cncc-2c1. The lowest BCUT2D eigenvalue weighted by Crippen LogP contribution is -1.93. The van der Waals surface area contributed by atoms with Crippen molar-refractivity contribution in [2.45, 2.75) is 0 Å². The molecule has 0 atom stereocenters. The Morgan fingerprint density at radius 1 is 1.40 bits per heavy atom. The predicted molar refractivity (Wildman–Crippen MR) is 33.8 cm³/mol. The normalized spacial score (nSPS) is 10.4. The molecule has 0 fully saturated rings. The first kappa shape index (κ1) is 5.22. The smallest absolute Gasteiger partial charge is 0.132 e. The third-order valence-electron chi connectivity index (χ3n) is 1.29. The molecule has 0 aromatic heterocycles. The number of aromatic nitrogens is 3. The van der Waals surface area contributed by atoms with Gasteiger partial charge in [-0.05, 0) is 0 Å². The van der Waals surface area contributed by atoms with Crippen LogP contribution in [0, 0.1) is 0 Å². The summed E-state index contributed by atoms with van der Waals surface area (Å²) in [6.07, 6.45) is 6.17. The lowest BCUT2D eigenvalue weighted by Gasteiger charge is -1.97. The Bertz CT molecular complexity index is 317. The number of hydrogen-bond acceptors (Lipinski definition) is 3. The number of hydrogen-bond donors (Lipinski definition) is 1. The van der Waals surface area contributed by atoms with Crippen molar-refractivity contribution in [2.24, 2.45) is 0 Å². The van der Waals surface area contributed by atoms with E-state index in [0.717, 1.165) is 16.0 Å². The van der Waals surface area contributed by atoms with Crippen LogP contribution in [-0.2, 0) is 0 Å². The van der Waals surface area contributed by atoms with E-state index in [1.165, 1.54) is 6.33 Å². The van der Waals surface area contributed by atoms with Gasteiger partial charge < -0.3 is 5.21 Å². The van der Waals surface area contributed by atoms with Crippen LogP contribution in [0.5, 0.6) is 0 Å². The van der Waals surface area contributed by atoms with E-state index in [-0.39, 0.29) is 0 Å². The monoisotopic (exact) mass is 135 g/mol. The third kappa shape index (κ3) is 0.621. The highest BCUT2D eigenvalue weighted by Crippen LogP contribution is 2.15. The minimum absolute atomic E-state index is 0.797. The molecule has 2 heterocycles. The van der Waals surface area contributed by atoms with Gasteiger partial charge in [0.25, 0.3) is 0 Å². The standard InChI is InChI=1S/C6H5N3O/c10-9-3-5-1-7-2-6(5)8-4-9/h1-4,10H. The van der Waals surface area contributed by atoms with Gasteiger partial charge in [-0.3, -0.25) is 4.98 Å². The van der Waals surface area contributed by atoms with Crippen LogP contribution in [0.2, 0.25) is 0 Å². The summed E-state index contributed by atoms with van der Waals surface area (Å²) in [6, 6.07) is 0. The molecule has 0 aromatic rings. The van der Waals surface area contributed by atoms with Gasteiger partial charge in [-0.2, -0.15) is 4.73 Å². The first-order chi connectivity index (χ1) is 4.86. The Hall–Kier alpha value is -1.58. The fraction of sp³-hybridized carbons (Fsp3) is 0. The Morgan fingerprint density at radius 3 is 3.20 bits per heavy atom. The second-order valence-electron chi connectivity index (χ2n) is 2.00. The van der Waals surface area contributed by atoms with E-state index in [4.69, 9.17) is 5.21 Å². The van der Waals surface area contributed by atoms with E-state index in [1.807, 2.05) is 0 Å². The second kappa shape index (κ2) is 1.70.